The lowest BCUT2D eigenvalue weighted by Crippen LogP contribution is -1.82. The van der Waals surface area contributed by atoms with Crippen LogP contribution in [0.5, 0.6) is 0 Å². The lowest BCUT2D eigenvalue weighted by Gasteiger charge is -2.01. The van der Waals surface area contributed by atoms with E-state index >= 15 is 0 Å². The molecular weight excluding hydrogens is 310 g/mol. The maximum absolute atomic E-state index is 5.10. The normalized spacial score (nSPS) is 10.8. The first kappa shape index (κ1) is 11.7. The summed E-state index contributed by atoms with van der Waals surface area (Å²) in [7, 11) is 0. The highest BCUT2D eigenvalue weighted by Crippen LogP contribution is 2.36. The van der Waals surface area contributed by atoms with Crippen molar-refractivity contribution in [2.45, 2.75) is 6.92 Å². The van der Waals surface area contributed by atoms with E-state index in [1.165, 1.54) is 4.88 Å². The van der Waals surface area contributed by atoms with E-state index in [-0.39, 0.29) is 0 Å². The predicted octanol–water partition coefficient (Wildman–Crippen LogP) is 5.14. The van der Waals surface area contributed by atoms with Crippen LogP contribution in [0.4, 0.5) is 0 Å². The van der Waals surface area contributed by atoms with Crippen LogP contribution in [0.3, 0.4) is 0 Å². The number of aryl methyl sites for hydroxylation is 1. The van der Waals surface area contributed by atoms with Crippen molar-refractivity contribution in [1.29, 1.82) is 0 Å². The molecule has 0 aliphatic carbocycles. The van der Waals surface area contributed by atoms with Crippen LogP contribution in [-0.4, -0.2) is 4.98 Å². The molecule has 1 aromatic carbocycles. The Balaban J connectivity index is 2.12. The van der Waals surface area contributed by atoms with E-state index in [2.05, 4.69) is 28.9 Å². The van der Waals surface area contributed by atoms with Crippen molar-refractivity contribution in [3.63, 3.8) is 0 Å². The largest absolute Gasteiger partial charge is 0.472 e. The molecule has 2 aromatic heterocycles. The van der Waals surface area contributed by atoms with Crippen LogP contribution in [0.25, 0.3) is 21.8 Å². The number of benzene rings is 1. The smallest absolute Gasteiger partial charge is 0.127 e. The van der Waals surface area contributed by atoms with E-state index in [1.807, 2.05) is 24.3 Å². The minimum absolute atomic E-state index is 0.993. The van der Waals surface area contributed by atoms with Gasteiger partial charge in [-0.2, -0.15) is 0 Å². The first-order chi connectivity index (χ1) is 8.75. The molecule has 0 spiro atoms. The van der Waals surface area contributed by atoms with Crippen LogP contribution >= 0.6 is 27.3 Å². The average Bonchev–Trinajstić information content (AvgIpc) is 2.99. The molecule has 0 saturated carbocycles. The van der Waals surface area contributed by atoms with Crippen molar-refractivity contribution in [3.05, 3.63) is 52.2 Å². The number of nitrogens with zero attached hydrogens (tertiary/aromatic N) is 1. The van der Waals surface area contributed by atoms with Crippen molar-refractivity contribution >= 4 is 27.3 Å². The molecule has 0 aliphatic rings. The van der Waals surface area contributed by atoms with Gasteiger partial charge in [-0.1, -0.05) is 34.1 Å². The molecule has 0 aliphatic heterocycles. The number of thiazole rings is 1. The van der Waals surface area contributed by atoms with Gasteiger partial charge in [-0.25, -0.2) is 4.98 Å². The summed E-state index contributed by atoms with van der Waals surface area (Å²) in [6, 6.07) is 10.1. The van der Waals surface area contributed by atoms with Crippen molar-refractivity contribution in [1.82, 2.24) is 4.98 Å². The number of aromatic nitrogens is 1. The molecule has 0 fully saturated rings. The Morgan fingerprint density at radius 2 is 2.06 bits per heavy atom. The lowest BCUT2D eigenvalue weighted by molar-refractivity contribution is 0.568. The minimum atomic E-state index is 0.993. The summed E-state index contributed by atoms with van der Waals surface area (Å²) in [5.41, 5.74) is 3.19. The number of hydrogen-bond donors (Lipinski definition) is 0. The van der Waals surface area contributed by atoms with E-state index in [4.69, 9.17) is 9.40 Å². The van der Waals surface area contributed by atoms with E-state index < -0.39 is 0 Å². The van der Waals surface area contributed by atoms with Crippen LogP contribution < -0.4 is 0 Å². The summed E-state index contributed by atoms with van der Waals surface area (Å²) >= 11 is 5.25. The molecule has 0 atom stereocenters. The van der Waals surface area contributed by atoms with E-state index in [0.29, 0.717) is 0 Å². The summed E-state index contributed by atoms with van der Waals surface area (Å²) in [6.45, 7) is 2.09. The number of halogens is 1. The zero-order valence-electron chi connectivity index (χ0n) is 9.68. The van der Waals surface area contributed by atoms with Gasteiger partial charge >= 0.3 is 0 Å². The molecule has 3 aromatic rings. The topological polar surface area (TPSA) is 26.0 Å². The van der Waals surface area contributed by atoms with Crippen LogP contribution in [-0.2, 0) is 0 Å². The molecule has 0 radical (unpaired) electrons. The van der Waals surface area contributed by atoms with Gasteiger partial charge in [0, 0.05) is 20.5 Å². The second-order valence-corrected chi connectivity index (χ2v) is 5.97. The molecule has 0 saturated heterocycles. The van der Waals surface area contributed by atoms with Gasteiger partial charge in [-0.3, -0.25) is 0 Å². The fourth-order valence-electron chi connectivity index (χ4n) is 1.81. The molecule has 3 rings (SSSR count). The first-order valence-electron chi connectivity index (χ1n) is 5.50. The summed E-state index contributed by atoms with van der Waals surface area (Å²) < 4.78 is 6.17. The van der Waals surface area contributed by atoms with Gasteiger partial charge in [0.25, 0.3) is 0 Å². The minimum Gasteiger partial charge on any atom is -0.472 e. The molecule has 2 nitrogen and oxygen atoms in total. The maximum Gasteiger partial charge on any atom is 0.127 e. The molecule has 0 amide bonds. The zero-order valence-corrected chi connectivity index (χ0v) is 12.1. The Morgan fingerprint density at radius 3 is 2.78 bits per heavy atom. The highest BCUT2D eigenvalue weighted by Gasteiger charge is 2.13. The van der Waals surface area contributed by atoms with Crippen molar-refractivity contribution < 1.29 is 4.42 Å². The van der Waals surface area contributed by atoms with Crippen LogP contribution in [0.15, 0.2) is 51.7 Å². The Morgan fingerprint density at radius 1 is 1.22 bits per heavy atom. The second-order valence-electron chi connectivity index (χ2n) is 3.92. The van der Waals surface area contributed by atoms with Crippen molar-refractivity contribution in [3.8, 4) is 21.8 Å². The van der Waals surface area contributed by atoms with Gasteiger partial charge in [-0.05, 0) is 19.1 Å². The maximum atomic E-state index is 5.10. The van der Waals surface area contributed by atoms with Crippen LogP contribution in [0.1, 0.15) is 4.88 Å². The Kier molecular flexibility index (Phi) is 3.06. The monoisotopic (exact) mass is 319 g/mol. The number of hydrogen-bond acceptors (Lipinski definition) is 3. The van der Waals surface area contributed by atoms with Crippen LogP contribution in [0, 0.1) is 6.92 Å². The lowest BCUT2D eigenvalue weighted by atomic mass is 10.1. The van der Waals surface area contributed by atoms with Crippen molar-refractivity contribution in [2.75, 3.05) is 0 Å². The number of furan rings is 1. The van der Waals surface area contributed by atoms with E-state index in [1.54, 1.807) is 23.9 Å². The quantitative estimate of drug-likeness (QED) is 0.653. The van der Waals surface area contributed by atoms with Gasteiger partial charge < -0.3 is 4.42 Å². The third-order valence-corrected chi connectivity index (χ3v) is 4.41. The highest BCUT2D eigenvalue weighted by molar-refractivity contribution is 9.10. The van der Waals surface area contributed by atoms with Crippen LogP contribution in [0.2, 0.25) is 0 Å². The first-order valence-corrected chi connectivity index (χ1v) is 7.11. The molecule has 2 heterocycles. The third kappa shape index (κ3) is 2.02. The second kappa shape index (κ2) is 4.71. The summed E-state index contributed by atoms with van der Waals surface area (Å²) in [5.74, 6) is 0. The molecular formula is C14H10BrNOS. The highest BCUT2D eigenvalue weighted by atomic mass is 79.9. The Labute approximate surface area is 117 Å². The standard InChI is InChI=1S/C14H10BrNOS/c1-9-13(11-4-2-3-5-12(11)15)16-14(18-9)10-6-7-17-8-10/h2-8H,1H3. The SMILES string of the molecule is Cc1sc(-c2ccoc2)nc1-c1ccccc1Br. The molecule has 0 N–H and O–H groups in total. The predicted molar refractivity (Wildman–Crippen MR) is 77.7 cm³/mol. The molecule has 0 unspecified atom stereocenters. The van der Waals surface area contributed by atoms with Gasteiger partial charge in [0.2, 0.25) is 0 Å². The Hall–Kier alpha value is -1.39. The fraction of sp³-hybridized carbons (Fsp3) is 0.0714. The zero-order chi connectivity index (χ0) is 12.5. The van der Waals surface area contributed by atoms with Gasteiger partial charge in [0.15, 0.2) is 0 Å². The molecule has 0 bridgehead atoms. The van der Waals surface area contributed by atoms with E-state index in [9.17, 15) is 0 Å². The Bertz CT molecular complexity index is 673. The van der Waals surface area contributed by atoms with Crippen molar-refractivity contribution in [2.24, 2.45) is 0 Å². The molecule has 90 valence electrons. The fourth-order valence-corrected chi connectivity index (χ4v) is 3.19. The van der Waals surface area contributed by atoms with E-state index in [0.717, 1.165) is 26.3 Å². The van der Waals surface area contributed by atoms with Gasteiger partial charge in [0.1, 0.15) is 11.3 Å². The summed E-state index contributed by atoms with van der Waals surface area (Å²) in [5, 5.41) is 0.993. The summed E-state index contributed by atoms with van der Waals surface area (Å²) in [4.78, 5) is 5.92. The third-order valence-electron chi connectivity index (χ3n) is 2.69. The van der Waals surface area contributed by atoms with Gasteiger partial charge in [0.05, 0.1) is 12.0 Å². The molecule has 4 heteroatoms. The van der Waals surface area contributed by atoms with Gasteiger partial charge in [-0.15, -0.1) is 11.3 Å². The summed E-state index contributed by atoms with van der Waals surface area (Å²) in [6.07, 6.45) is 3.40. The number of rotatable bonds is 2. The average molecular weight is 320 g/mol. The molecule has 18 heavy (non-hydrogen) atoms.